The molecule has 0 atom stereocenters. The molecule has 0 aliphatic carbocycles. The van der Waals surface area contributed by atoms with Crippen molar-refractivity contribution >= 4 is 36.3 Å². The standard InChI is InChI=1S/C23H30N2O2.2ClH/c1-2-23(26)20-10-12-22(13-11-20)27-19-7-6-14-24-15-17-25(18-16-24)21-8-4-3-5-9-21;;/h3-5,8-13H,2,6-7,14-19H2,1H3;2*1H. The van der Waals surface area contributed by atoms with Crippen LogP contribution in [0.4, 0.5) is 5.69 Å². The highest BCUT2D eigenvalue weighted by Gasteiger charge is 2.16. The first-order valence-corrected chi connectivity index (χ1v) is 10.0. The highest BCUT2D eigenvalue weighted by molar-refractivity contribution is 5.95. The average molecular weight is 439 g/mol. The summed E-state index contributed by atoms with van der Waals surface area (Å²) in [6.07, 6.45) is 2.74. The number of rotatable bonds is 9. The van der Waals surface area contributed by atoms with E-state index < -0.39 is 0 Å². The van der Waals surface area contributed by atoms with Gasteiger partial charge >= 0.3 is 0 Å². The third-order valence-corrected chi connectivity index (χ3v) is 5.13. The maximum atomic E-state index is 11.6. The molecule has 160 valence electrons. The van der Waals surface area contributed by atoms with Gasteiger partial charge in [0.1, 0.15) is 5.75 Å². The molecule has 0 radical (unpaired) electrons. The summed E-state index contributed by atoms with van der Waals surface area (Å²) in [4.78, 5) is 16.6. The van der Waals surface area contributed by atoms with Crippen LogP contribution in [0, 0.1) is 0 Å². The van der Waals surface area contributed by atoms with Crippen LogP contribution >= 0.6 is 24.8 Å². The molecule has 1 heterocycles. The molecule has 0 unspecified atom stereocenters. The quantitative estimate of drug-likeness (QED) is 0.402. The van der Waals surface area contributed by atoms with Gasteiger partial charge in [0.25, 0.3) is 0 Å². The second kappa shape index (κ2) is 13.5. The van der Waals surface area contributed by atoms with Crippen LogP contribution < -0.4 is 9.64 Å². The van der Waals surface area contributed by atoms with Gasteiger partial charge in [-0.25, -0.2) is 0 Å². The number of carbonyl (C=O) groups is 1. The summed E-state index contributed by atoms with van der Waals surface area (Å²) in [5.74, 6) is 1.02. The zero-order chi connectivity index (χ0) is 18.9. The minimum Gasteiger partial charge on any atom is -0.494 e. The Balaban J connectivity index is 0.00000210. The third kappa shape index (κ3) is 7.88. The molecule has 0 aromatic heterocycles. The van der Waals surface area contributed by atoms with Crippen LogP contribution in [-0.2, 0) is 0 Å². The molecule has 0 amide bonds. The Labute approximate surface area is 187 Å². The largest absolute Gasteiger partial charge is 0.494 e. The van der Waals surface area contributed by atoms with Gasteiger partial charge in [-0.05, 0) is 55.8 Å². The molecule has 0 saturated carbocycles. The molecule has 6 heteroatoms. The van der Waals surface area contributed by atoms with Gasteiger partial charge in [-0.1, -0.05) is 25.1 Å². The van der Waals surface area contributed by atoms with Gasteiger partial charge in [0.15, 0.2) is 5.78 Å². The van der Waals surface area contributed by atoms with Crippen LogP contribution in [0.2, 0.25) is 0 Å². The van der Waals surface area contributed by atoms with Crippen LogP contribution in [0.3, 0.4) is 0 Å². The number of hydrogen-bond acceptors (Lipinski definition) is 4. The zero-order valence-corrected chi connectivity index (χ0v) is 18.7. The normalized spacial score (nSPS) is 13.9. The van der Waals surface area contributed by atoms with Crippen molar-refractivity contribution in [2.45, 2.75) is 26.2 Å². The Morgan fingerprint density at radius 2 is 1.55 bits per heavy atom. The molecule has 1 saturated heterocycles. The minimum absolute atomic E-state index is 0. The van der Waals surface area contributed by atoms with Gasteiger partial charge in [0.2, 0.25) is 0 Å². The van der Waals surface area contributed by atoms with Crippen LogP contribution in [0.25, 0.3) is 0 Å². The lowest BCUT2D eigenvalue weighted by Gasteiger charge is -2.36. The van der Waals surface area contributed by atoms with Gasteiger partial charge in [-0.15, -0.1) is 24.8 Å². The fraction of sp³-hybridized carbons (Fsp3) is 0.435. The van der Waals surface area contributed by atoms with Gasteiger partial charge < -0.3 is 9.64 Å². The molecule has 1 fully saturated rings. The van der Waals surface area contributed by atoms with Crippen LogP contribution in [0.1, 0.15) is 36.5 Å². The zero-order valence-electron chi connectivity index (χ0n) is 17.1. The predicted octanol–water partition coefficient (Wildman–Crippen LogP) is 5.10. The van der Waals surface area contributed by atoms with Crippen molar-refractivity contribution in [2.75, 3.05) is 44.2 Å². The molecule has 1 aliphatic heterocycles. The number of halogens is 2. The smallest absolute Gasteiger partial charge is 0.162 e. The molecule has 0 N–H and O–H groups in total. The number of unbranched alkanes of at least 4 members (excludes halogenated alkanes) is 1. The van der Waals surface area contributed by atoms with Crippen molar-refractivity contribution in [3.8, 4) is 5.75 Å². The lowest BCUT2D eigenvalue weighted by atomic mass is 10.1. The monoisotopic (exact) mass is 438 g/mol. The number of piperazine rings is 1. The number of ketones is 1. The number of para-hydroxylation sites is 1. The maximum Gasteiger partial charge on any atom is 0.162 e. The topological polar surface area (TPSA) is 32.8 Å². The van der Waals surface area contributed by atoms with Crippen molar-refractivity contribution in [3.63, 3.8) is 0 Å². The van der Waals surface area contributed by atoms with Crippen LogP contribution in [0.5, 0.6) is 5.75 Å². The van der Waals surface area contributed by atoms with E-state index in [-0.39, 0.29) is 30.6 Å². The third-order valence-electron chi connectivity index (χ3n) is 5.13. The Morgan fingerprint density at radius 1 is 0.897 bits per heavy atom. The Morgan fingerprint density at radius 3 is 2.17 bits per heavy atom. The van der Waals surface area contributed by atoms with Crippen molar-refractivity contribution in [3.05, 3.63) is 60.2 Å². The van der Waals surface area contributed by atoms with Crippen molar-refractivity contribution in [1.82, 2.24) is 4.90 Å². The molecule has 29 heavy (non-hydrogen) atoms. The second-order valence-corrected chi connectivity index (χ2v) is 7.02. The van der Waals surface area contributed by atoms with E-state index in [9.17, 15) is 4.79 Å². The fourth-order valence-electron chi connectivity index (χ4n) is 3.44. The first-order valence-electron chi connectivity index (χ1n) is 10.0. The van der Waals surface area contributed by atoms with Crippen molar-refractivity contribution in [1.29, 1.82) is 0 Å². The minimum atomic E-state index is 0. The average Bonchev–Trinajstić information content (AvgIpc) is 2.74. The summed E-state index contributed by atoms with van der Waals surface area (Å²) in [6.45, 7) is 8.20. The lowest BCUT2D eigenvalue weighted by molar-refractivity contribution is 0.0988. The first-order chi connectivity index (χ1) is 13.3. The van der Waals surface area contributed by atoms with Gasteiger partial charge in [-0.2, -0.15) is 0 Å². The highest BCUT2D eigenvalue weighted by atomic mass is 35.5. The molecule has 2 aromatic carbocycles. The summed E-state index contributed by atoms with van der Waals surface area (Å²) in [7, 11) is 0. The van der Waals surface area contributed by atoms with Crippen LogP contribution in [0.15, 0.2) is 54.6 Å². The highest BCUT2D eigenvalue weighted by Crippen LogP contribution is 2.16. The number of ether oxygens (including phenoxy) is 1. The van der Waals surface area contributed by atoms with E-state index in [2.05, 4.69) is 40.1 Å². The van der Waals surface area contributed by atoms with Gasteiger partial charge in [0, 0.05) is 43.9 Å². The number of anilines is 1. The number of Topliss-reactive ketones (excluding diaryl/α,β-unsaturated/α-hetero) is 1. The SMILES string of the molecule is CCC(=O)c1ccc(OCCCCN2CCN(c3ccccc3)CC2)cc1.Cl.Cl. The number of hydrogen-bond donors (Lipinski definition) is 0. The molecule has 3 rings (SSSR count). The van der Waals surface area contributed by atoms with Crippen LogP contribution in [-0.4, -0.2) is 50.0 Å². The molecule has 4 nitrogen and oxygen atoms in total. The summed E-state index contributed by atoms with van der Waals surface area (Å²) < 4.78 is 5.80. The fourth-order valence-corrected chi connectivity index (χ4v) is 3.44. The number of carbonyl (C=O) groups excluding carboxylic acids is 1. The maximum absolute atomic E-state index is 11.6. The van der Waals surface area contributed by atoms with E-state index in [1.165, 1.54) is 5.69 Å². The lowest BCUT2D eigenvalue weighted by Crippen LogP contribution is -2.46. The Kier molecular flexibility index (Phi) is 11.7. The number of nitrogens with zero attached hydrogens (tertiary/aromatic N) is 2. The molecule has 2 aromatic rings. The molecule has 0 bridgehead atoms. The van der Waals surface area contributed by atoms with Crippen molar-refractivity contribution < 1.29 is 9.53 Å². The van der Waals surface area contributed by atoms with E-state index in [0.29, 0.717) is 6.42 Å². The second-order valence-electron chi connectivity index (χ2n) is 7.02. The molecule has 0 spiro atoms. The van der Waals surface area contributed by atoms with Gasteiger partial charge in [0.05, 0.1) is 6.61 Å². The molecular formula is C23H32Cl2N2O2. The van der Waals surface area contributed by atoms with Crippen molar-refractivity contribution in [2.24, 2.45) is 0 Å². The van der Waals surface area contributed by atoms with E-state index in [1.807, 2.05) is 31.2 Å². The van der Waals surface area contributed by atoms with E-state index in [1.54, 1.807) is 0 Å². The van der Waals surface area contributed by atoms with Gasteiger partial charge in [-0.3, -0.25) is 9.69 Å². The summed E-state index contributed by atoms with van der Waals surface area (Å²) >= 11 is 0. The summed E-state index contributed by atoms with van der Waals surface area (Å²) in [6, 6.07) is 18.2. The number of benzene rings is 2. The van der Waals surface area contributed by atoms with E-state index >= 15 is 0 Å². The van der Waals surface area contributed by atoms with E-state index in [4.69, 9.17) is 4.74 Å². The predicted molar refractivity (Wildman–Crippen MR) is 125 cm³/mol. The summed E-state index contributed by atoms with van der Waals surface area (Å²) in [5, 5.41) is 0. The Hall–Kier alpha value is -1.75. The summed E-state index contributed by atoms with van der Waals surface area (Å²) in [5.41, 5.74) is 2.09. The first kappa shape index (κ1) is 25.3. The van der Waals surface area contributed by atoms with E-state index in [0.717, 1.165) is 63.5 Å². The molecule has 1 aliphatic rings. The molecular weight excluding hydrogens is 407 g/mol. The Bertz CT molecular complexity index is 703.